The Hall–Kier alpha value is -4.13. The average molecular weight is 368 g/mol. The summed E-state index contributed by atoms with van der Waals surface area (Å²) in [6.45, 7) is 0. The standard InChI is InChI=1S/C21H16N6O/c28-20(25-18-12-22-14-23-13-18)19-9-10-24-21(27-19)26-17-8-4-7-16(11-17)15-5-2-1-3-6-15/h1-14H,(H,25,28)(H,24,26,27). The van der Waals surface area contributed by atoms with Gasteiger partial charge in [-0.1, -0.05) is 42.5 Å². The normalized spacial score (nSPS) is 10.3. The third-order valence-corrected chi connectivity index (χ3v) is 3.93. The lowest BCUT2D eigenvalue weighted by Crippen LogP contribution is -2.15. The van der Waals surface area contributed by atoms with E-state index in [0.29, 0.717) is 11.6 Å². The van der Waals surface area contributed by atoms with Crippen LogP contribution in [-0.4, -0.2) is 25.8 Å². The second kappa shape index (κ2) is 8.05. The smallest absolute Gasteiger partial charge is 0.274 e. The first kappa shape index (κ1) is 17.3. The van der Waals surface area contributed by atoms with Crippen LogP contribution in [0.3, 0.4) is 0 Å². The monoisotopic (exact) mass is 368 g/mol. The highest BCUT2D eigenvalue weighted by atomic mass is 16.1. The van der Waals surface area contributed by atoms with Crippen LogP contribution in [0.2, 0.25) is 0 Å². The fraction of sp³-hybridized carbons (Fsp3) is 0. The van der Waals surface area contributed by atoms with E-state index in [4.69, 9.17) is 0 Å². The highest BCUT2D eigenvalue weighted by Gasteiger charge is 2.10. The molecule has 136 valence electrons. The SMILES string of the molecule is O=C(Nc1cncnc1)c1ccnc(Nc2cccc(-c3ccccc3)c2)n1. The zero-order valence-corrected chi connectivity index (χ0v) is 14.8. The lowest BCUT2D eigenvalue weighted by atomic mass is 10.1. The van der Waals surface area contributed by atoms with Gasteiger partial charge < -0.3 is 10.6 Å². The molecule has 0 atom stereocenters. The molecule has 0 saturated heterocycles. The van der Waals surface area contributed by atoms with Crippen LogP contribution in [0.5, 0.6) is 0 Å². The van der Waals surface area contributed by atoms with Crippen molar-refractivity contribution in [2.75, 3.05) is 10.6 Å². The van der Waals surface area contributed by atoms with E-state index in [1.54, 1.807) is 6.07 Å². The Morgan fingerprint density at radius 3 is 2.43 bits per heavy atom. The number of anilines is 3. The van der Waals surface area contributed by atoms with E-state index in [9.17, 15) is 4.79 Å². The molecule has 28 heavy (non-hydrogen) atoms. The van der Waals surface area contributed by atoms with E-state index in [-0.39, 0.29) is 11.6 Å². The molecule has 0 spiro atoms. The number of benzene rings is 2. The second-order valence-corrected chi connectivity index (χ2v) is 5.92. The summed E-state index contributed by atoms with van der Waals surface area (Å²) in [5.74, 6) is -0.0274. The zero-order valence-electron chi connectivity index (χ0n) is 14.8. The summed E-state index contributed by atoms with van der Waals surface area (Å²) in [4.78, 5) is 28.6. The van der Waals surface area contributed by atoms with Crippen molar-refractivity contribution < 1.29 is 4.79 Å². The molecule has 2 heterocycles. The zero-order chi connectivity index (χ0) is 19.2. The molecule has 7 heteroatoms. The van der Waals surface area contributed by atoms with Gasteiger partial charge in [0.15, 0.2) is 0 Å². The van der Waals surface area contributed by atoms with Crippen LogP contribution in [0.4, 0.5) is 17.3 Å². The summed E-state index contributed by atoms with van der Waals surface area (Å²) in [6, 6.07) is 19.5. The Balaban J connectivity index is 1.52. The summed E-state index contributed by atoms with van der Waals surface area (Å²) in [7, 11) is 0. The molecule has 2 N–H and O–H groups in total. The van der Waals surface area contributed by atoms with Crippen LogP contribution in [0, 0.1) is 0 Å². The molecule has 0 aliphatic carbocycles. The van der Waals surface area contributed by atoms with E-state index >= 15 is 0 Å². The second-order valence-electron chi connectivity index (χ2n) is 5.92. The maximum absolute atomic E-state index is 12.4. The Labute approximate surface area is 161 Å². The first-order valence-corrected chi connectivity index (χ1v) is 8.60. The molecule has 0 fully saturated rings. The van der Waals surface area contributed by atoms with Gasteiger partial charge in [-0.3, -0.25) is 4.79 Å². The van der Waals surface area contributed by atoms with Crippen LogP contribution in [0.15, 0.2) is 85.6 Å². The Kier molecular flexibility index (Phi) is 4.97. The summed E-state index contributed by atoms with van der Waals surface area (Å²) < 4.78 is 0. The quantitative estimate of drug-likeness (QED) is 0.554. The molecular weight excluding hydrogens is 352 g/mol. The van der Waals surface area contributed by atoms with Gasteiger partial charge in [0.2, 0.25) is 5.95 Å². The van der Waals surface area contributed by atoms with Gasteiger partial charge in [-0.05, 0) is 29.3 Å². The lowest BCUT2D eigenvalue weighted by Gasteiger charge is -2.09. The summed E-state index contributed by atoms with van der Waals surface area (Å²) in [6.07, 6.45) is 5.96. The van der Waals surface area contributed by atoms with Crippen LogP contribution in [-0.2, 0) is 0 Å². The van der Waals surface area contributed by atoms with Crippen LogP contribution in [0.25, 0.3) is 11.1 Å². The molecule has 4 rings (SSSR count). The number of amides is 1. The van der Waals surface area contributed by atoms with Crippen LogP contribution in [0.1, 0.15) is 10.5 Å². The maximum atomic E-state index is 12.4. The largest absolute Gasteiger partial charge is 0.324 e. The van der Waals surface area contributed by atoms with Crippen molar-refractivity contribution in [1.29, 1.82) is 0 Å². The van der Waals surface area contributed by atoms with Crippen molar-refractivity contribution >= 4 is 23.2 Å². The molecule has 2 aromatic heterocycles. The van der Waals surface area contributed by atoms with E-state index < -0.39 is 0 Å². The van der Waals surface area contributed by atoms with Crippen molar-refractivity contribution in [2.24, 2.45) is 0 Å². The predicted octanol–water partition coefficient (Wildman–Crippen LogP) is 3.93. The first-order chi connectivity index (χ1) is 13.8. The molecule has 0 unspecified atom stereocenters. The Bertz CT molecular complexity index is 1090. The molecule has 0 saturated carbocycles. The highest BCUT2D eigenvalue weighted by Crippen LogP contribution is 2.23. The minimum Gasteiger partial charge on any atom is -0.324 e. The molecule has 7 nitrogen and oxygen atoms in total. The van der Waals surface area contributed by atoms with Gasteiger partial charge in [-0.25, -0.2) is 19.9 Å². The number of nitrogens with zero attached hydrogens (tertiary/aromatic N) is 4. The fourth-order valence-electron chi connectivity index (χ4n) is 2.64. The van der Waals surface area contributed by atoms with Crippen LogP contribution >= 0.6 is 0 Å². The Morgan fingerprint density at radius 1 is 0.821 bits per heavy atom. The molecule has 0 aliphatic heterocycles. The fourth-order valence-corrected chi connectivity index (χ4v) is 2.64. The third kappa shape index (κ3) is 4.16. The molecule has 0 radical (unpaired) electrons. The van der Waals surface area contributed by atoms with Crippen LogP contribution < -0.4 is 10.6 Å². The molecule has 2 aromatic carbocycles. The summed E-state index contributed by atoms with van der Waals surface area (Å²) in [5, 5.41) is 5.84. The van der Waals surface area contributed by atoms with E-state index in [0.717, 1.165) is 16.8 Å². The van der Waals surface area contributed by atoms with Crippen molar-refractivity contribution in [2.45, 2.75) is 0 Å². The number of hydrogen-bond acceptors (Lipinski definition) is 6. The van der Waals surface area contributed by atoms with Crippen molar-refractivity contribution in [3.8, 4) is 11.1 Å². The van der Waals surface area contributed by atoms with Gasteiger partial charge in [-0.15, -0.1) is 0 Å². The van der Waals surface area contributed by atoms with E-state index in [2.05, 4.69) is 30.6 Å². The van der Waals surface area contributed by atoms with Gasteiger partial charge in [0.25, 0.3) is 5.91 Å². The van der Waals surface area contributed by atoms with Gasteiger partial charge in [0.05, 0.1) is 18.1 Å². The molecule has 0 aliphatic rings. The topological polar surface area (TPSA) is 92.7 Å². The Morgan fingerprint density at radius 2 is 1.61 bits per heavy atom. The third-order valence-electron chi connectivity index (χ3n) is 3.93. The number of aromatic nitrogens is 4. The van der Waals surface area contributed by atoms with E-state index in [1.165, 1.54) is 24.9 Å². The maximum Gasteiger partial charge on any atom is 0.274 e. The molecule has 0 bridgehead atoms. The van der Waals surface area contributed by atoms with Crippen molar-refractivity contribution in [1.82, 2.24) is 19.9 Å². The highest BCUT2D eigenvalue weighted by molar-refractivity contribution is 6.02. The summed E-state index contributed by atoms with van der Waals surface area (Å²) in [5.41, 5.74) is 3.75. The average Bonchev–Trinajstić information content (AvgIpc) is 2.75. The minimum atomic E-state index is -0.363. The number of nitrogens with one attached hydrogen (secondary N) is 2. The number of rotatable bonds is 5. The molecular formula is C21H16N6O. The van der Waals surface area contributed by atoms with Gasteiger partial charge in [0, 0.05) is 11.9 Å². The minimum absolute atomic E-state index is 0.237. The number of hydrogen-bond donors (Lipinski definition) is 2. The van der Waals surface area contributed by atoms with Gasteiger partial charge >= 0.3 is 0 Å². The number of carbonyl (C=O) groups excluding carboxylic acids is 1. The molecule has 1 amide bonds. The predicted molar refractivity (Wildman–Crippen MR) is 107 cm³/mol. The van der Waals surface area contributed by atoms with E-state index in [1.807, 2.05) is 54.6 Å². The van der Waals surface area contributed by atoms with Gasteiger partial charge in [0.1, 0.15) is 12.0 Å². The van der Waals surface area contributed by atoms with Crippen molar-refractivity contribution in [3.63, 3.8) is 0 Å². The first-order valence-electron chi connectivity index (χ1n) is 8.60. The molecule has 4 aromatic rings. The van der Waals surface area contributed by atoms with Crippen molar-refractivity contribution in [3.05, 3.63) is 91.3 Å². The lowest BCUT2D eigenvalue weighted by molar-refractivity contribution is 0.102. The number of carbonyl (C=O) groups is 1. The summed E-state index contributed by atoms with van der Waals surface area (Å²) >= 11 is 0. The van der Waals surface area contributed by atoms with Gasteiger partial charge in [-0.2, -0.15) is 0 Å².